The Morgan fingerprint density at radius 2 is 1.45 bits per heavy atom. The maximum Gasteiger partial charge on any atom is 0.319 e. The van der Waals surface area contributed by atoms with Gasteiger partial charge in [0.2, 0.25) is 0 Å². The van der Waals surface area contributed by atoms with Crippen molar-refractivity contribution in [3.05, 3.63) is 72.3 Å². The fraction of sp³-hybridized carbons (Fsp3) is 0.429. The lowest BCUT2D eigenvalue weighted by Gasteiger charge is -2.35. The van der Waals surface area contributed by atoms with Crippen molar-refractivity contribution < 1.29 is 23.8 Å². The molecule has 1 atom stereocenters. The zero-order valence-electron chi connectivity index (χ0n) is 26.5. The Kier molecular flexibility index (Phi) is 11.9. The van der Waals surface area contributed by atoms with Crippen molar-refractivity contribution >= 4 is 23.3 Å². The summed E-state index contributed by atoms with van der Waals surface area (Å²) in [5.41, 5.74) is 1.79. The van der Waals surface area contributed by atoms with E-state index in [9.17, 15) is 9.59 Å². The van der Waals surface area contributed by atoms with Crippen LogP contribution < -0.4 is 30.2 Å². The Balaban J connectivity index is 1.28. The number of nitrogens with one attached hydrogen (secondary N) is 3. The van der Waals surface area contributed by atoms with E-state index in [2.05, 4.69) is 34.7 Å². The highest BCUT2D eigenvalue weighted by Crippen LogP contribution is 2.34. The predicted molar refractivity (Wildman–Crippen MR) is 175 cm³/mol. The van der Waals surface area contributed by atoms with Gasteiger partial charge in [-0.15, -0.1) is 0 Å². The topological polar surface area (TPSA) is 101 Å². The van der Waals surface area contributed by atoms with Crippen molar-refractivity contribution in [1.29, 1.82) is 0 Å². The highest BCUT2D eigenvalue weighted by molar-refractivity contribution is 6.04. The van der Waals surface area contributed by atoms with Gasteiger partial charge in [-0.05, 0) is 99.7 Å². The lowest BCUT2D eigenvalue weighted by molar-refractivity contribution is 0.0788. The average Bonchev–Trinajstić information content (AvgIpc) is 3.05. The summed E-state index contributed by atoms with van der Waals surface area (Å²) in [4.78, 5) is 27.7. The smallest absolute Gasteiger partial charge is 0.319 e. The number of ether oxygens (including phenoxy) is 3. The zero-order valence-corrected chi connectivity index (χ0v) is 26.5. The first-order chi connectivity index (χ1) is 21.3. The van der Waals surface area contributed by atoms with E-state index in [0.29, 0.717) is 40.2 Å². The van der Waals surface area contributed by atoms with Crippen LogP contribution in [0.4, 0.5) is 16.2 Å². The molecule has 0 saturated carbocycles. The molecule has 1 unspecified atom stereocenters. The van der Waals surface area contributed by atoms with Gasteiger partial charge >= 0.3 is 6.03 Å². The quantitative estimate of drug-likeness (QED) is 0.185. The van der Waals surface area contributed by atoms with Crippen LogP contribution in [0.5, 0.6) is 23.0 Å². The summed E-state index contributed by atoms with van der Waals surface area (Å²) >= 11 is 0. The molecule has 3 N–H and O–H groups in total. The molecule has 3 aromatic rings. The summed E-state index contributed by atoms with van der Waals surface area (Å²) in [7, 11) is 1.55. The maximum absolute atomic E-state index is 12.9. The van der Waals surface area contributed by atoms with Crippen molar-refractivity contribution in [3.63, 3.8) is 0 Å². The van der Waals surface area contributed by atoms with Crippen molar-refractivity contribution in [2.24, 2.45) is 0 Å². The van der Waals surface area contributed by atoms with Gasteiger partial charge in [0.1, 0.15) is 17.6 Å². The Labute approximate surface area is 261 Å². The third kappa shape index (κ3) is 9.13. The van der Waals surface area contributed by atoms with Crippen LogP contribution in [0, 0.1) is 0 Å². The molecule has 0 bridgehead atoms. The number of benzene rings is 3. The van der Waals surface area contributed by atoms with Crippen LogP contribution in [-0.4, -0.2) is 55.2 Å². The highest BCUT2D eigenvalue weighted by atomic mass is 16.5. The van der Waals surface area contributed by atoms with Crippen molar-refractivity contribution in [1.82, 2.24) is 10.2 Å². The first-order valence-electron chi connectivity index (χ1n) is 15.7. The summed E-state index contributed by atoms with van der Waals surface area (Å²) < 4.78 is 17.7. The van der Waals surface area contributed by atoms with Crippen LogP contribution in [0.15, 0.2) is 66.7 Å². The van der Waals surface area contributed by atoms with Crippen LogP contribution in [0.1, 0.15) is 70.2 Å². The number of nitrogens with zero attached hydrogens (tertiary/aromatic N) is 1. The Morgan fingerprint density at radius 3 is 2.07 bits per heavy atom. The molecule has 1 fully saturated rings. The van der Waals surface area contributed by atoms with Crippen LogP contribution >= 0.6 is 0 Å². The lowest BCUT2D eigenvalue weighted by atomic mass is 10.0. The number of hydrogen-bond acceptors (Lipinski definition) is 6. The van der Waals surface area contributed by atoms with Gasteiger partial charge in [0.15, 0.2) is 11.5 Å². The van der Waals surface area contributed by atoms with Gasteiger partial charge in [-0.2, -0.15) is 0 Å². The van der Waals surface area contributed by atoms with E-state index in [1.165, 1.54) is 0 Å². The van der Waals surface area contributed by atoms with E-state index < -0.39 is 0 Å². The number of methoxy groups -OCH3 is 1. The van der Waals surface area contributed by atoms with E-state index in [0.717, 1.165) is 50.9 Å². The second-order valence-corrected chi connectivity index (χ2v) is 11.2. The van der Waals surface area contributed by atoms with E-state index in [-0.39, 0.29) is 24.1 Å². The minimum absolute atomic E-state index is 0.125. The molecule has 9 heteroatoms. The van der Waals surface area contributed by atoms with Gasteiger partial charge in [-0.3, -0.25) is 4.79 Å². The van der Waals surface area contributed by atoms with E-state index in [1.807, 2.05) is 26.0 Å². The van der Waals surface area contributed by atoms with Gasteiger partial charge in [0.25, 0.3) is 5.91 Å². The van der Waals surface area contributed by atoms with Crippen LogP contribution in [-0.2, 0) is 0 Å². The number of anilines is 2. The first kappa shape index (κ1) is 32.7. The summed E-state index contributed by atoms with van der Waals surface area (Å²) in [5, 5.41) is 8.72. The molecule has 3 amide bonds. The monoisotopic (exact) mass is 602 g/mol. The molecule has 0 aliphatic carbocycles. The third-order valence-corrected chi connectivity index (χ3v) is 8.19. The molecule has 3 aromatic carbocycles. The van der Waals surface area contributed by atoms with Gasteiger partial charge in [0, 0.05) is 48.2 Å². The summed E-state index contributed by atoms with van der Waals surface area (Å²) in [6, 6.07) is 20.1. The summed E-state index contributed by atoms with van der Waals surface area (Å²) in [5.74, 6) is 2.13. The normalized spacial score (nSPS) is 14.5. The Morgan fingerprint density at radius 1 is 0.818 bits per heavy atom. The maximum atomic E-state index is 12.9. The molecule has 1 heterocycles. The minimum atomic E-state index is -0.260. The Hall–Kier alpha value is -4.24. The molecule has 0 radical (unpaired) electrons. The molecular formula is C35H46N4O5. The molecular weight excluding hydrogens is 556 g/mol. The van der Waals surface area contributed by atoms with E-state index in [4.69, 9.17) is 14.2 Å². The predicted octanol–water partition coefficient (Wildman–Crippen LogP) is 7.69. The summed E-state index contributed by atoms with van der Waals surface area (Å²) in [6.45, 7) is 10.7. The van der Waals surface area contributed by atoms with Crippen molar-refractivity contribution in [3.8, 4) is 23.0 Å². The highest BCUT2D eigenvalue weighted by Gasteiger charge is 2.23. The van der Waals surface area contributed by atoms with Gasteiger partial charge in [0.05, 0.1) is 7.11 Å². The number of carbonyl (C=O) groups is 2. The fourth-order valence-corrected chi connectivity index (χ4v) is 5.18. The van der Waals surface area contributed by atoms with Crippen molar-refractivity contribution in [2.75, 3.05) is 30.8 Å². The standard InChI is InChI=1S/C35H46N4O5/c1-6-24(4)39-21-19-31(20-22-39)43-29-14-9-25(10-15-29)34(40)36-27-11-16-30(17-12-27)44-32-18-13-28(23-33(32)42-5)38-35(41)37-26(7-2)8-3/h9-18,23-24,26,31H,6-8,19-22H2,1-5H3,(H,36,40)(H2,37,38,41). The van der Waals surface area contributed by atoms with Crippen LogP contribution in [0.3, 0.4) is 0 Å². The summed E-state index contributed by atoms with van der Waals surface area (Å²) in [6.07, 6.45) is 5.12. The van der Waals surface area contributed by atoms with E-state index in [1.54, 1.807) is 61.7 Å². The number of urea groups is 1. The number of hydrogen-bond donors (Lipinski definition) is 3. The zero-order chi connectivity index (χ0) is 31.5. The third-order valence-electron chi connectivity index (χ3n) is 8.19. The molecule has 236 valence electrons. The molecule has 4 rings (SSSR count). The van der Waals surface area contributed by atoms with Crippen LogP contribution in [0.25, 0.3) is 0 Å². The first-order valence-corrected chi connectivity index (χ1v) is 15.7. The van der Waals surface area contributed by atoms with Gasteiger partial charge in [-0.1, -0.05) is 20.8 Å². The molecule has 0 aromatic heterocycles. The number of carbonyl (C=O) groups excluding carboxylic acids is 2. The minimum Gasteiger partial charge on any atom is -0.493 e. The lowest BCUT2D eigenvalue weighted by Crippen LogP contribution is -2.42. The van der Waals surface area contributed by atoms with E-state index >= 15 is 0 Å². The largest absolute Gasteiger partial charge is 0.493 e. The van der Waals surface area contributed by atoms with Gasteiger partial charge < -0.3 is 35.1 Å². The number of rotatable bonds is 13. The Bertz CT molecular complexity index is 1350. The molecule has 0 spiro atoms. The molecule has 1 aliphatic rings. The number of amides is 3. The number of likely N-dealkylation sites (tertiary alicyclic amines) is 1. The van der Waals surface area contributed by atoms with Crippen LogP contribution in [0.2, 0.25) is 0 Å². The molecule has 9 nitrogen and oxygen atoms in total. The molecule has 44 heavy (non-hydrogen) atoms. The molecule has 1 saturated heterocycles. The SMILES string of the molecule is CCC(CC)NC(=O)Nc1ccc(Oc2ccc(NC(=O)c3ccc(OC4CCN(C(C)CC)CC4)cc3)cc2)c(OC)c1. The fourth-order valence-electron chi connectivity index (χ4n) is 5.18. The van der Waals surface area contributed by atoms with Crippen molar-refractivity contribution in [2.45, 2.75) is 78.0 Å². The molecule has 1 aliphatic heterocycles. The average molecular weight is 603 g/mol. The number of piperidine rings is 1. The second-order valence-electron chi connectivity index (χ2n) is 11.2. The second kappa shape index (κ2) is 16.0. The van der Waals surface area contributed by atoms with Gasteiger partial charge in [-0.25, -0.2) is 4.79 Å².